The number of ether oxygens (including phenoxy) is 1. The molecule has 5 nitrogen and oxygen atoms in total. The summed E-state index contributed by atoms with van der Waals surface area (Å²) in [6.45, 7) is 2.06. The molecule has 0 radical (unpaired) electrons. The average molecular weight is 317 g/mol. The van der Waals surface area contributed by atoms with Gasteiger partial charge < -0.3 is 4.74 Å². The predicted molar refractivity (Wildman–Crippen MR) is 63.9 cm³/mol. The zero-order valence-corrected chi connectivity index (χ0v) is 10.1. The van der Waals surface area contributed by atoms with E-state index >= 15 is 0 Å². The first kappa shape index (κ1) is 11.8. The smallest absolute Gasteiger partial charge is 0.338 e. The van der Waals surface area contributed by atoms with E-state index in [0.717, 1.165) is 3.57 Å². The quantitative estimate of drug-likeness (QED) is 0.282. The average Bonchev–Trinajstić information content (AvgIpc) is 2.17. The molecule has 0 atom stereocenters. The van der Waals surface area contributed by atoms with Crippen molar-refractivity contribution in [2.24, 2.45) is 5.11 Å². The first-order chi connectivity index (χ1) is 7.17. The number of halogens is 1. The van der Waals surface area contributed by atoms with Crippen LogP contribution in [-0.2, 0) is 4.74 Å². The highest BCUT2D eigenvalue weighted by Gasteiger charge is 2.07. The number of esters is 1. The van der Waals surface area contributed by atoms with Crippen molar-refractivity contribution >= 4 is 34.2 Å². The third-order valence-electron chi connectivity index (χ3n) is 1.55. The number of carbonyl (C=O) groups is 1. The van der Waals surface area contributed by atoms with E-state index in [1.807, 2.05) is 22.6 Å². The van der Waals surface area contributed by atoms with E-state index in [-0.39, 0.29) is 0 Å². The van der Waals surface area contributed by atoms with Gasteiger partial charge in [0.25, 0.3) is 0 Å². The molecular weight excluding hydrogens is 309 g/mol. The van der Waals surface area contributed by atoms with E-state index in [9.17, 15) is 4.79 Å². The molecule has 0 saturated heterocycles. The Kier molecular flexibility index (Phi) is 4.38. The predicted octanol–water partition coefficient (Wildman–Crippen LogP) is 3.41. The summed E-state index contributed by atoms with van der Waals surface area (Å²) in [5, 5.41) is 3.44. The molecule has 0 aromatic heterocycles. The minimum atomic E-state index is -0.412. The van der Waals surface area contributed by atoms with Gasteiger partial charge in [0.05, 0.1) is 12.2 Å². The monoisotopic (exact) mass is 317 g/mol. The lowest BCUT2D eigenvalue weighted by molar-refractivity contribution is 0.0526. The molecule has 0 bridgehead atoms. The Hall–Kier alpha value is -1.27. The maximum atomic E-state index is 11.4. The van der Waals surface area contributed by atoms with Crippen LogP contribution in [-0.4, -0.2) is 12.6 Å². The first-order valence-corrected chi connectivity index (χ1v) is 5.28. The Morgan fingerprint density at radius 2 is 2.33 bits per heavy atom. The minimum absolute atomic E-state index is 0.321. The van der Waals surface area contributed by atoms with Gasteiger partial charge in [-0.25, -0.2) is 4.79 Å². The number of carbonyl (C=O) groups excluding carboxylic acids is 1. The minimum Gasteiger partial charge on any atom is -0.462 e. The highest BCUT2D eigenvalue weighted by Crippen LogP contribution is 2.20. The van der Waals surface area contributed by atoms with Crippen LogP contribution < -0.4 is 0 Å². The van der Waals surface area contributed by atoms with Gasteiger partial charge >= 0.3 is 5.97 Å². The molecule has 0 unspecified atom stereocenters. The second kappa shape index (κ2) is 5.57. The van der Waals surface area contributed by atoms with Gasteiger partial charge in [-0.3, -0.25) is 0 Å². The number of azide groups is 1. The molecule has 6 heteroatoms. The lowest BCUT2D eigenvalue weighted by Crippen LogP contribution is -2.04. The summed E-state index contributed by atoms with van der Waals surface area (Å²) >= 11 is 2.04. The lowest BCUT2D eigenvalue weighted by Gasteiger charge is -2.03. The van der Waals surface area contributed by atoms with E-state index in [1.54, 1.807) is 19.1 Å². The van der Waals surface area contributed by atoms with Gasteiger partial charge in [0.15, 0.2) is 0 Å². The number of hydrogen-bond acceptors (Lipinski definition) is 3. The number of benzene rings is 1. The van der Waals surface area contributed by atoms with E-state index in [2.05, 4.69) is 10.0 Å². The molecule has 0 heterocycles. The van der Waals surface area contributed by atoms with Gasteiger partial charge in [-0.1, -0.05) is 5.11 Å². The number of hydrogen-bond donors (Lipinski definition) is 0. The summed E-state index contributed by atoms with van der Waals surface area (Å²) < 4.78 is 5.66. The third kappa shape index (κ3) is 3.41. The van der Waals surface area contributed by atoms with Crippen molar-refractivity contribution < 1.29 is 9.53 Å². The summed E-state index contributed by atoms with van der Waals surface area (Å²) in [6.07, 6.45) is 0. The molecule has 0 saturated carbocycles. The lowest BCUT2D eigenvalue weighted by atomic mass is 10.2. The Labute approximate surface area is 100 Å². The number of rotatable bonds is 3. The molecule has 15 heavy (non-hydrogen) atoms. The SMILES string of the molecule is CCOC(=O)c1cc(I)cc(N=[N+]=[N-])c1. The molecule has 0 N–H and O–H groups in total. The van der Waals surface area contributed by atoms with Gasteiger partial charge in [-0.2, -0.15) is 0 Å². The van der Waals surface area contributed by atoms with Crippen LogP contribution in [0.3, 0.4) is 0 Å². The van der Waals surface area contributed by atoms with Crippen molar-refractivity contribution in [3.8, 4) is 0 Å². The summed E-state index contributed by atoms with van der Waals surface area (Å²) in [7, 11) is 0. The van der Waals surface area contributed by atoms with Crippen molar-refractivity contribution in [1.82, 2.24) is 0 Å². The van der Waals surface area contributed by atoms with Crippen LogP contribution in [0, 0.1) is 3.57 Å². The normalized spacial score (nSPS) is 9.20. The maximum Gasteiger partial charge on any atom is 0.338 e. The Morgan fingerprint density at radius 1 is 1.60 bits per heavy atom. The molecule has 1 rings (SSSR count). The largest absolute Gasteiger partial charge is 0.462 e. The summed E-state index contributed by atoms with van der Waals surface area (Å²) in [5.41, 5.74) is 9.09. The molecule has 0 spiro atoms. The fraction of sp³-hybridized carbons (Fsp3) is 0.222. The Bertz CT molecular complexity index is 427. The van der Waals surface area contributed by atoms with E-state index in [4.69, 9.17) is 10.3 Å². The van der Waals surface area contributed by atoms with Crippen LogP contribution in [0.2, 0.25) is 0 Å². The molecule has 1 aromatic carbocycles. The highest BCUT2D eigenvalue weighted by molar-refractivity contribution is 14.1. The van der Waals surface area contributed by atoms with Gasteiger partial charge in [0, 0.05) is 14.2 Å². The molecule has 0 fully saturated rings. The fourth-order valence-corrected chi connectivity index (χ4v) is 1.67. The highest BCUT2D eigenvalue weighted by atomic mass is 127. The molecule has 0 amide bonds. The van der Waals surface area contributed by atoms with Gasteiger partial charge in [0.2, 0.25) is 0 Å². The third-order valence-corrected chi connectivity index (χ3v) is 2.18. The number of nitrogens with zero attached hydrogens (tertiary/aromatic N) is 3. The van der Waals surface area contributed by atoms with E-state index in [0.29, 0.717) is 17.9 Å². The van der Waals surface area contributed by atoms with Gasteiger partial charge in [-0.05, 0) is 53.2 Å². The Morgan fingerprint density at radius 3 is 2.93 bits per heavy atom. The maximum absolute atomic E-state index is 11.4. The van der Waals surface area contributed by atoms with Crippen LogP contribution in [0.1, 0.15) is 17.3 Å². The van der Waals surface area contributed by atoms with E-state index in [1.165, 1.54) is 6.07 Å². The molecule has 0 aliphatic carbocycles. The summed E-state index contributed by atoms with van der Waals surface area (Å²) in [6, 6.07) is 4.86. The molecule has 0 aliphatic heterocycles. The van der Waals surface area contributed by atoms with Crippen molar-refractivity contribution in [1.29, 1.82) is 0 Å². The fourth-order valence-electron chi connectivity index (χ4n) is 1.02. The van der Waals surface area contributed by atoms with Crippen molar-refractivity contribution in [3.63, 3.8) is 0 Å². The van der Waals surface area contributed by atoms with E-state index < -0.39 is 5.97 Å². The molecule has 1 aromatic rings. The standard InChI is InChI=1S/C9H8IN3O2/c1-2-15-9(14)6-3-7(10)5-8(4-6)12-13-11/h3-5H,2H2,1H3. The van der Waals surface area contributed by atoms with Crippen molar-refractivity contribution in [3.05, 3.63) is 37.8 Å². The Balaban J connectivity index is 3.08. The van der Waals surface area contributed by atoms with Gasteiger partial charge in [-0.15, -0.1) is 0 Å². The summed E-state index contributed by atoms with van der Waals surface area (Å²) in [4.78, 5) is 14.1. The zero-order valence-electron chi connectivity index (χ0n) is 7.98. The van der Waals surface area contributed by atoms with Crippen LogP contribution in [0.25, 0.3) is 10.4 Å². The molecule has 78 valence electrons. The van der Waals surface area contributed by atoms with Crippen molar-refractivity contribution in [2.75, 3.05) is 6.61 Å². The van der Waals surface area contributed by atoms with Crippen LogP contribution in [0.5, 0.6) is 0 Å². The second-order valence-electron chi connectivity index (χ2n) is 2.61. The molecule has 0 aliphatic rings. The van der Waals surface area contributed by atoms with Gasteiger partial charge in [0.1, 0.15) is 0 Å². The van der Waals surface area contributed by atoms with Crippen LogP contribution >= 0.6 is 22.6 Å². The van der Waals surface area contributed by atoms with Crippen LogP contribution in [0.4, 0.5) is 5.69 Å². The first-order valence-electron chi connectivity index (χ1n) is 4.20. The zero-order chi connectivity index (χ0) is 11.3. The van der Waals surface area contributed by atoms with Crippen molar-refractivity contribution in [2.45, 2.75) is 6.92 Å². The molecular formula is C9H8IN3O2. The topological polar surface area (TPSA) is 75.1 Å². The second-order valence-corrected chi connectivity index (χ2v) is 3.85. The summed E-state index contributed by atoms with van der Waals surface area (Å²) in [5.74, 6) is -0.412. The van der Waals surface area contributed by atoms with Crippen LogP contribution in [0.15, 0.2) is 23.3 Å².